The van der Waals surface area contributed by atoms with E-state index in [-0.39, 0.29) is 29.5 Å². The largest absolute Gasteiger partial charge is 0.440 e. The summed E-state index contributed by atoms with van der Waals surface area (Å²) in [4.78, 5) is 16.3. The Hall–Kier alpha value is -1.64. The average Bonchev–Trinajstić information content (AvgIpc) is 2.87. The van der Waals surface area contributed by atoms with Gasteiger partial charge >= 0.3 is 0 Å². The number of amides is 1. The number of fused-ring (bicyclic) bond motifs is 1. The lowest BCUT2D eigenvalue weighted by Crippen LogP contribution is -2.55. The van der Waals surface area contributed by atoms with Crippen LogP contribution in [0.15, 0.2) is 22.6 Å². The van der Waals surface area contributed by atoms with Gasteiger partial charge in [-0.05, 0) is 49.3 Å². The molecule has 7 nitrogen and oxygen atoms in total. The zero-order valence-corrected chi connectivity index (χ0v) is 15.6. The van der Waals surface area contributed by atoms with Crippen molar-refractivity contribution in [1.82, 2.24) is 10.3 Å². The van der Waals surface area contributed by atoms with Gasteiger partial charge in [0.1, 0.15) is 5.52 Å². The highest BCUT2D eigenvalue weighted by Crippen LogP contribution is 2.61. The number of carbonyl (C=O) groups is 1. The van der Waals surface area contributed by atoms with Crippen LogP contribution in [0.3, 0.4) is 0 Å². The number of carbonyl (C=O) groups excluding carboxylic acids is 1. The van der Waals surface area contributed by atoms with E-state index in [4.69, 9.17) is 21.2 Å². The summed E-state index contributed by atoms with van der Waals surface area (Å²) in [5.74, 6) is 0.486. The number of sulfonamides is 1. The van der Waals surface area contributed by atoms with Crippen molar-refractivity contribution >= 4 is 38.6 Å². The number of nitrogens with one attached hydrogen (secondary N) is 1. The Morgan fingerprint density at radius 2 is 2.08 bits per heavy atom. The maximum atomic E-state index is 11.8. The Labute approximate surface area is 156 Å². The summed E-state index contributed by atoms with van der Waals surface area (Å²) in [5, 5.41) is 8.43. The SMILES string of the molecule is NS(=O)(=O)CCC(=O)NC1CC2(C1)CC(c1nc3cc(Cl)ccc3o1)C2. The fourth-order valence-corrected chi connectivity index (χ4v) is 4.85. The minimum atomic E-state index is -3.60. The third-order valence-corrected chi connectivity index (χ3v) is 6.42. The van der Waals surface area contributed by atoms with Crippen LogP contribution in [0.1, 0.15) is 43.9 Å². The van der Waals surface area contributed by atoms with Gasteiger partial charge in [0.2, 0.25) is 15.9 Å². The van der Waals surface area contributed by atoms with Crippen molar-refractivity contribution < 1.29 is 17.6 Å². The molecule has 0 aliphatic heterocycles. The quantitative estimate of drug-likeness (QED) is 0.803. The molecule has 2 aromatic rings. The van der Waals surface area contributed by atoms with Gasteiger partial charge in [-0.3, -0.25) is 4.79 Å². The third-order valence-electron chi connectivity index (χ3n) is 5.41. The van der Waals surface area contributed by atoms with Gasteiger partial charge in [0, 0.05) is 23.4 Å². The van der Waals surface area contributed by atoms with E-state index in [1.807, 2.05) is 6.07 Å². The zero-order chi connectivity index (χ0) is 18.5. The van der Waals surface area contributed by atoms with Crippen LogP contribution >= 0.6 is 11.6 Å². The molecular weight excluding hydrogens is 378 g/mol. The zero-order valence-electron chi connectivity index (χ0n) is 14.1. The molecular formula is C17H20ClN3O4S. The molecule has 26 heavy (non-hydrogen) atoms. The molecule has 2 saturated carbocycles. The van der Waals surface area contributed by atoms with Gasteiger partial charge < -0.3 is 9.73 Å². The van der Waals surface area contributed by atoms with Crippen molar-refractivity contribution in [3.05, 3.63) is 29.1 Å². The maximum absolute atomic E-state index is 11.8. The van der Waals surface area contributed by atoms with E-state index in [1.54, 1.807) is 12.1 Å². The van der Waals surface area contributed by atoms with Crippen LogP contribution < -0.4 is 10.5 Å². The Morgan fingerprint density at radius 3 is 2.77 bits per heavy atom. The molecule has 1 spiro atoms. The van der Waals surface area contributed by atoms with Crippen LogP contribution in [-0.4, -0.2) is 31.1 Å². The molecule has 0 unspecified atom stereocenters. The first-order valence-electron chi connectivity index (χ1n) is 8.57. The van der Waals surface area contributed by atoms with Gasteiger partial charge in [0.25, 0.3) is 0 Å². The van der Waals surface area contributed by atoms with Gasteiger partial charge in [-0.25, -0.2) is 18.5 Å². The van der Waals surface area contributed by atoms with E-state index in [9.17, 15) is 13.2 Å². The van der Waals surface area contributed by atoms with Crippen LogP contribution in [0, 0.1) is 5.41 Å². The van der Waals surface area contributed by atoms with Gasteiger partial charge in [-0.2, -0.15) is 0 Å². The highest BCUT2D eigenvalue weighted by Gasteiger charge is 2.54. The second kappa shape index (κ2) is 6.21. The first-order chi connectivity index (χ1) is 12.2. The monoisotopic (exact) mass is 397 g/mol. The Bertz CT molecular complexity index is 958. The molecule has 3 N–H and O–H groups in total. The van der Waals surface area contributed by atoms with E-state index in [1.165, 1.54) is 0 Å². The molecule has 140 valence electrons. The highest BCUT2D eigenvalue weighted by atomic mass is 35.5. The summed E-state index contributed by atoms with van der Waals surface area (Å²) in [6.45, 7) is 0. The number of aromatic nitrogens is 1. The third kappa shape index (κ3) is 3.58. The summed E-state index contributed by atoms with van der Waals surface area (Å²) in [6, 6.07) is 5.54. The molecule has 0 saturated heterocycles. The second-order valence-electron chi connectivity index (χ2n) is 7.56. The van der Waals surface area contributed by atoms with Crippen LogP contribution in [0.4, 0.5) is 0 Å². The number of rotatable bonds is 5. The van der Waals surface area contributed by atoms with E-state index in [0.29, 0.717) is 10.9 Å². The van der Waals surface area contributed by atoms with Crippen molar-refractivity contribution in [1.29, 1.82) is 0 Å². The molecule has 0 radical (unpaired) electrons. The van der Waals surface area contributed by atoms with Crippen molar-refractivity contribution in [2.75, 3.05) is 5.75 Å². The van der Waals surface area contributed by atoms with Gasteiger partial charge in [-0.15, -0.1) is 0 Å². The molecule has 2 fully saturated rings. The fraction of sp³-hybridized carbons (Fsp3) is 0.529. The molecule has 2 aliphatic carbocycles. The summed E-state index contributed by atoms with van der Waals surface area (Å²) in [5.41, 5.74) is 1.78. The van der Waals surface area contributed by atoms with E-state index in [2.05, 4.69) is 10.3 Å². The number of hydrogen-bond donors (Lipinski definition) is 2. The predicted octanol–water partition coefficient (Wildman–Crippen LogP) is 2.30. The number of nitrogens with zero attached hydrogens (tertiary/aromatic N) is 1. The Kier molecular flexibility index (Phi) is 4.24. The molecule has 4 rings (SSSR count). The molecule has 9 heteroatoms. The van der Waals surface area contributed by atoms with Gasteiger partial charge in [-0.1, -0.05) is 11.6 Å². The van der Waals surface area contributed by atoms with Crippen LogP contribution in [0.5, 0.6) is 0 Å². The standard InChI is InChI=1S/C17H20ClN3O4S/c18-11-1-2-14-13(5-11)21-16(25-14)10-6-17(7-10)8-12(9-17)20-15(22)3-4-26(19,23)24/h1-2,5,10,12H,3-4,6-9H2,(H,20,22)(H2,19,23,24). The van der Waals surface area contributed by atoms with E-state index >= 15 is 0 Å². The summed E-state index contributed by atoms with van der Waals surface area (Å²) in [6.07, 6.45) is 3.73. The van der Waals surface area contributed by atoms with Crippen molar-refractivity contribution in [3.63, 3.8) is 0 Å². The lowest BCUT2D eigenvalue weighted by atomic mass is 9.50. The van der Waals surface area contributed by atoms with Gasteiger partial charge in [0.15, 0.2) is 11.5 Å². The minimum absolute atomic E-state index is 0.0869. The van der Waals surface area contributed by atoms with Crippen molar-refractivity contribution in [2.45, 2.75) is 44.1 Å². The molecule has 1 heterocycles. The first-order valence-corrected chi connectivity index (χ1v) is 10.7. The van der Waals surface area contributed by atoms with Crippen molar-refractivity contribution in [3.8, 4) is 0 Å². The molecule has 1 aromatic heterocycles. The number of nitrogens with two attached hydrogens (primary N) is 1. The smallest absolute Gasteiger partial charge is 0.221 e. The Balaban J connectivity index is 1.27. The topological polar surface area (TPSA) is 115 Å². The summed E-state index contributed by atoms with van der Waals surface area (Å²) >= 11 is 5.98. The minimum Gasteiger partial charge on any atom is -0.440 e. The Morgan fingerprint density at radius 1 is 1.35 bits per heavy atom. The van der Waals surface area contributed by atoms with E-state index < -0.39 is 10.0 Å². The molecule has 0 bridgehead atoms. The second-order valence-corrected chi connectivity index (χ2v) is 9.73. The number of halogens is 1. The summed E-state index contributed by atoms with van der Waals surface area (Å²) in [7, 11) is -3.60. The fourth-order valence-electron chi connectivity index (χ4n) is 4.21. The van der Waals surface area contributed by atoms with Crippen LogP contribution in [-0.2, 0) is 14.8 Å². The van der Waals surface area contributed by atoms with Gasteiger partial charge in [0.05, 0.1) is 5.75 Å². The molecule has 2 aliphatic rings. The number of hydrogen-bond acceptors (Lipinski definition) is 5. The molecule has 1 aromatic carbocycles. The number of benzene rings is 1. The number of primary sulfonamides is 1. The average molecular weight is 398 g/mol. The normalized spacial score (nSPS) is 27.9. The van der Waals surface area contributed by atoms with Crippen molar-refractivity contribution in [2.24, 2.45) is 10.6 Å². The highest BCUT2D eigenvalue weighted by molar-refractivity contribution is 7.89. The lowest BCUT2D eigenvalue weighted by molar-refractivity contribution is -0.124. The lowest BCUT2D eigenvalue weighted by Gasteiger charge is -2.57. The molecule has 0 atom stereocenters. The maximum Gasteiger partial charge on any atom is 0.221 e. The van der Waals surface area contributed by atoms with E-state index in [0.717, 1.165) is 42.7 Å². The molecule has 1 amide bonds. The van der Waals surface area contributed by atoms with Crippen LogP contribution in [0.25, 0.3) is 11.1 Å². The van der Waals surface area contributed by atoms with Crippen LogP contribution in [0.2, 0.25) is 5.02 Å². The predicted molar refractivity (Wildman–Crippen MR) is 97.2 cm³/mol. The number of oxazole rings is 1. The first kappa shape index (κ1) is 17.8. The summed E-state index contributed by atoms with van der Waals surface area (Å²) < 4.78 is 27.6.